The van der Waals surface area contributed by atoms with Crippen molar-refractivity contribution in [2.75, 3.05) is 68.0 Å². The fourth-order valence-corrected chi connectivity index (χ4v) is 8.32. The summed E-state index contributed by atoms with van der Waals surface area (Å²) in [5.41, 5.74) is 2.72. The van der Waals surface area contributed by atoms with Crippen LogP contribution in [-0.4, -0.2) is 118 Å². The molecule has 65 heavy (non-hydrogen) atoms. The molecule has 1 saturated carbocycles. The Morgan fingerprint density at radius 3 is 2.54 bits per heavy atom. The summed E-state index contributed by atoms with van der Waals surface area (Å²) < 4.78 is 41.0. The Morgan fingerprint density at radius 1 is 0.954 bits per heavy atom. The second kappa shape index (κ2) is 19.1. The third kappa shape index (κ3) is 9.80. The summed E-state index contributed by atoms with van der Waals surface area (Å²) in [5, 5.41) is 12.1. The van der Waals surface area contributed by atoms with Gasteiger partial charge in [-0.15, -0.1) is 0 Å². The van der Waals surface area contributed by atoms with Crippen LogP contribution in [0.25, 0.3) is 17.1 Å². The van der Waals surface area contributed by atoms with Crippen LogP contribution in [0.1, 0.15) is 87.4 Å². The third-order valence-electron chi connectivity index (χ3n) is 12.1. The average Bonchev–Trinajstić information content (AvgIpc) is 3.72. The number of benzene rings is 2. The maximum Gasteiger partial charge on any atom is 0.284 e. The number of rotatable bonds is 18. The smallest absolute Gasteiger partial charge is 0.284 e. The van der Waals surface area contributed by atoms with Crippen molar-refractivity contribution in [2.24, 2.45) is 5.92 Å². The second-order valence-electron chi connectivity index (χ2n) is 16.6. The van der Waals surface area contributed by atoms with E-state index in [4.69, 9.17) is 9.15 Å². The summed E-state index contributed by atoms with van der Waals surface area (Å²) in [7, 11) is 0. The van der Waals surface area contributed by atoms with Crippen molar-refractivity contribution in [2.45, 2.75) is 57.4 Å². The van der Waals surface area contributed by atoms with E-state index in [1.807, 2.05) is 18.2 Å². The van der Waals surface area contributed by atoms with Gasteiger partial charge in [0, 0.05) is 64.1 Å². The van der Waals surface area contributed by atoms with E-state index in [0.29, 0.717) is 60.5 Å². The van der Waals surface area contributed by atoms with E-state index in [1.54, 1.807) is 42.6 Å². The summed E-state index contributed by atoms with van der Waals surface area (Å²) in [6.45, 7) is 5.55. The zero-order valence-electron chi connectivity index (χ0n) is 35.5. The maximum atomic E-state index is 14.1. The van der Waals surface area contributed by atoms with Gasteiger partial charge in [-0.2, -0.15) is 5.10 Å². The number of nitrogens with one attached hydrogen (secondary N) is 3. The van der Waals surface area contributed by atoms with E-state index in [1.165, 1.54) is 30.0 Å². The van der Waals surface area contributed by atoms with Gasteiger partial charge >= 0.3 is 0 Å². The van der Waals surface area contributed by atoms with Crippen LogP contribution in [0, 0.1) is 5.92 Å². The first kappa shape index (κ1) is 43.4. The molecule has 6 heterocycles. The van der Waals surface area contributed by atoms with Crippen molar-refractivity contribution >= 4 is 46.7 Å². The van der Waals surface area contributed by atoms with Crippen LogP contribution in [0.4, 0.5) is 26.0 Å². The normalized spacial score (nSPS) is 17.8. The monoisotopic (exact) mass is 890 g/mol. The molecule has 338 valence electrons. The Morgan fingerprint density at radius 2 is 1.77 bits per heavy atom. The molecular formula is C46H48F2N10O7. The number of aromatic nitrogens is 4. The van der Waals surface area contributed by atoms with Crippen LogP contribution >= 0.6 is 0 Å². The highest BCUT2D eigenvalue weighted by atomic mass is 19.3. The van der Waals surface area contributed by atoms with Gasteiger partial charge in [-0.25, -0.2) is 23.4 Å². The number of nitrogens with zero attached hydrogens (tertiary/aromatic N) is 7. The Labute approximate surface area is 372 Å². The van der Waals surface area contributed by atoms with Crippen molar-refractivity contribution in [3.63, 3.8) is 0 Å². The van der Waals surface area contributed by atoms with E-state index in [2.05, 4.69) is 40.8 Å². The van der Waals surface area contributed by atoms with Crippen molar-refractivity contribution in [3.8, 4) is 17.1 Å². The number of carbonyl (C=O) groups excluding carboxylic acids is 5. The van der Waals surface area contributed by atoms with E-state index in [0.717, 1.165) is 55.9 Å². The van der Waals surface area contributed by atoms with Gasteiger partial charge in [-0.05, 0) is 86.4 Å². The molecule has 1 atom stereocenters. The van der Waals surface area contributed by atoms with E-state index >= 15 is 0 Å². The lowest BCUT2D eigenvalue weighted by molar-refractivity contribution is -0.136. The van der Waals surface area contributed by atoms with Gasteiger partial charge in [0.25, 0.3) is 24.1 Å². The number of aryl methyl sites for hydroxylation is 1. The number of pyridine rings is 1. The lowest BCUT2D eigenvalue weighted by Crippen LogP contribution is -2.54. The quantitative estimate of drug-likeness (QED) is 0.0738. The lowest BCUT2D eigenvalue weighted by Gasteiger charge is -2.36. The predicted molar refractivity (Wildman–Crippen MR) is 233 cm³/mol. The van der Waals surface area contributed by atoms with E-state index in [-0.39, 0.29) is 35.7 Å². The number of imide groups is 2. The molecule has 0 spiro atoms. The second-order valence-corrected chi connectivity index (χ2v) is 16.6. The van der Waals surface area contributed by atoms with Crippen molar-refractivity contribution < 1.29 is 41.9 Å². The Balaban J connectivity index is 0.695. The molecule has 2 saturated heterocycles. The number of hydrogen-bond acceptors (Lipinski definition) is 13. The number of fused-ring (bicyclic) bond motifs is 1. The van der Waals surface area contributed by atoms with Gasteiger partial charge in [-0.3, -0.25) is 39.1 Å². The number of carbonyl (C=O) groups is 5. The zero-order chi connectivity index (χ0) is 45.0. The number of amides is 5. The number of halogens is 2. The summed E-state index contributed by atoms with van der Waals surface area (Å²) in [4.78, 5) is 78.1. The van der Waals surface area contributed by atoms with Crippen LogP contribution in [0.15, 0.2) is 77.7 Å². The van der Waals surface area contributed by atoms with Gasteiger partial charge in [-0.1, -0.05) is 18.2 Å². The van der Waals surface area contributed by atoms with E-state index in [9.17, 15) is 32.8 Å². The van der Waals surface area contributed by atoms with Crippen LogP contribution in [0.2, 0.25) is 0 Å². The molecule has 3 aromatic heterocycles. The lowest BCUT2D eigenvalue weighted by atomic mass is 10.0. The Hall–Kier alpha value is -6.86. The number of piperidine rings is 1. The van der Waals surface area contributed by atoms with Gasteiger partial charge in [0.2, 0.25) is 17.7 Å². The van der Waals surface area contributed by atoms with Gasteiger partial charge < -0.3 is 24.7 Å². The highest BCUT2D eigenvalue weighted by molar-refractivity contribution is 6.25. The molecule has 2 aromatic carbocycles. The summed E-state index contributed by atoms with van der Waals surface area (Å²) in [5.74, 6) is -1.24. The number of alkyl halides is 2. The number of hydrogen-bond donors (Lipinski definition) is 3. The van der Waals surface area contributed by atoms with Crippen molar-refractivity contribution in [3.05, 3.63) is 101 Å². The minimum Gasteiger partial charge on any atom is -0.444 e. The van der Waals surface area contributed by atoms with Gasteiger partial charge in [0.05, 0.1) is 41.0 Å². The molecule has 5 aromatic rings. The third-order valence-corrected chi connectivity index (χ3v) is 12.1. The summed E-state index contributed by atoms with van der Waals surface area (Å²) in [6.07, 6.45) is 6.34. The van der Waals surface area contributed by atoms with Crippen LogP contribution in [0.3, 0.4) is 0 Å². The number of ether oxygens (including phenoxy) is 1. The number of oxazole rings is 1. The molecule has 0 bridgehead atoms. The first-order chi connectivity index (χ1) is 31.6. The number of anilines is 3. The molecule has 4 aliphatic rings. The van der Waals surface area contributed by atoms with Crippen LogP contribution < -0.4 is 20.9 Å². The predicted octanol–water partition coefficient (Wildman–Crippen LogP) is 5.50. The fourth-order valence-electron chi connectivity index (χ4n) is 8.32. The van der Waals surface area contributed by atoms with Crippen LogP contribution in [0.5, 0.6) is 0 Å². The minimum atomic E-state index is -2.93. The maximum absolute atomic E-state index is 14.1. The molecular weight excluding hydrogens is 843 g/mol. The summed E-state index contributed by atoms with van der Waals surface area (Å²) in [6, 6.07) is 15.1. The molecule has 3 aliphatic heterocycles. The largest absolute Gasteiger partial charge is 0.444 e. The molecule has 5 amide bonds. The fraction of sp³-hybridized carbons (Fsp3) is 0.391. The Bertz CT molecular complexity index is 2590. The Kier molecular flexibility index (Phi) is 12.7. The molecule has 1 aliphatic carbocycles. The highest BCUT2D eigenvalue weighted by Gasteiger charge is 2.46. The molecule has 3 N–H and O–H groups in total. The molecule has 17 nitrogen and oxygen atoms in total. The standard InChI is InChI=1S/C46H48F2N10O7/c47-41(48)40-33(51-42(60)34-27-65-44(52-34)30-15-16-49-37(24-30)50-25-29-7-8-29)26-57(54-40)31-11-9-28(10-12-31)4-1-2-22-64-23-21-55-17-19-56(20-18-55)35-6-3-5-32-39(35)46(63)58(45(32)62)36-13-14-38(59)53-43(36)61/h3,5-6,9-12,15-16,24,26-27,29,36,41H,1-2,4,7-8,13-14,17-23,25H2,(H,49,50)(H,51,60)(H,53,59,61). The topological polar surface area (TPSA) is 197 Å². The zero-order valence-corrected chi connectivity index (χ0v) is 35.5. The molecule has 0 radical (unpaired) electrons. The SMILES string of the molecule is O=C1CCC(N2C(=O)c3cccc(N4CCN(CCOCCCCc5ccc(-n6cc(NC(=O)c7coc(-c8ccnc(NCC9CC9)c8)n7)c(C(F)F)n6)cc5)CC4)c3C2=O)C(=O)N1. The number of unbranched alkanes of at least 4 members (excludes halogenated alkanes) is 1. The summed E-state index contributed by atoms with van der Waals surface area (Å²) >= 11 is 0. The number of piperazine rings is 1. The average molecular weight is 891 g/mol. The molecule has 19 heteroatoms. The minimum absolute atomic E-state index is 0.0678. The molecule has 9 rings (SSSR count). The first-order valence-electron chi connectivity index (χ1n) is 21.9. The van der Waals surface area contributed by atoms with Gasteiger partial charge in [0.15, 0.2) is 11.4 Å². The van der Waals surface area contributed by atoms with Crippen molar-refractivity contribution in [1.29, 1.82) is 0 Å². The first-order valence-corrected chi connectivity index (χ1v) is 21.9. The van der Waals surface area contributed by atoms with Crippen molar-refractivity contribution in [1.82, 2.24) is 34.9 Å². The molecule has 3 fully saturated rings. The van der Waals surface area contributed by atoms with Gasteiger partial charge in [0.1, 0.15) is 18.1 Å². The van der Waals surface area contributed by atoms with E-state index < -0.39 is 47.7 Å². The highest BCUT2D eigenvalue weighted by Crippen LogP contribution is 2.35. The van der Waals surface area contributed by atoms with Crippen LogP contribution in [-0.2, 0) is 20.7 Å². The molecule has 1 unspecified atom stereocenters.